The van der Waals surface area contributed by atoms with E-state index in [-0.39, 0.29) is 27.1 Å². The fraction of sp³-hybridized carbons (Fsp3) is 0.309. The van der Waals surface area contributed by atoms with Gasteiger partial charge in [0.25, 0.3) is 0 Å². The Labute approximate surface area is 836 Å². The third-order valence-electron chi connectivity index (χ3n) is 33.3. The molecule has 8 aliphatic rings. The number of aryl methyl sites for hydroxylation is 19. The quantitative estimate of drug-likeness (QED) is 0.165. The molecule has 24 rings (SSSR count). The van der Waals surface area contributed by atoms with Gasteiger partial charge >= 0.3 is 0 Å². The molecule has 0 atom stereocenters. The lowest BCUT2D eigenvalue weighted by Crippen LogP contribution is -2.23. The van der Waals surface area contributed by atoms with E-state index in [1.165, 1.54) is 303 Å². The number of rotatable bonds is 3. The molecule has 139 heavy (non-hydrogen) atoms. The first-order valence-corrected chi connectivity index (χ1v) is 51.7. The number of hydrogen-bond acceptors (Lipinski definition) is 0. The second-order valence-electron chi connectivity index (χ2n) is 45.0. The highest BCUT2D eigenvalue weighted by molar-refractivity contribution is 5.89. The number of hydrogen-bond donors (Lipinski definition) is 0. The van der Waals surface area contributed by atoms with Crippen molar-refractivity contribution in [2.75, 3.05) is 0 Å². The van der Waals surface area contributed by atoms with Crippen LogP contribution in [0.15, 0.2) is 273 Å². The van der Waals surface area contributed by atoms with Crippen molar-refractivity contribution in [3.63, 3.8) is 0 Å². The summed E-state index contributed by atoms with van der Waals surface area (Å²) in [6.45, 7) is 71.8. The summed E-state index contributed by atoms with van der Waals surface area (Å²) in [5, 5.41) is 0. The van der Waals surface area contributed by atoms with Crippen molar-refractivity contribution >= 4 is 0 Å². The van der Waals surface area contributed by atoms with Crippen molar-refractivity contribution in [2.24, 2.45) is 0 Å². The average Bonchev–Trinajstić information content (AvgIpc) is 1.57. The Morgan fingerprint density at radius 3 is 0.662 bits per heavy atom. The van der Waals surface area contributed by atoms with E-state index in [2.05, 4.69) is 495 Å². The van der Waals surface area contributed by atoms with Crippen LogP contribution in [0.2, 0.25) is 0 Å². The lowest BCUT2D eigenvalue weighted by molar-refractivity contribution is 0.490. The summed E-state index contributed by atoms with van der Waals surface area (Å²) in [6, 6.07) is 103. The third-order valence-corrected chi connectivity index (χ3v) is 33.3. The van der Waals surface area contributed by atoms with Crippen LogP contribution >= 0.6 is 0 Å². The molecular formula is C139H150. The summed E-state index contributed by atoms with van der Waals surface area (Å²) in [5.41, 5.74) is 73.5. The molecule has 0 aromatic heterocycles. The van der Waals surface area contributed by atoms with E-state index in [1.54, 1.807) is 0 Å². The molecule has 16 aromatic carbocycles. The van der Waals surface area contributed by atoms with Gasteiger partial charge in [-0.05, 0) is 362 Å². The van der Waals surface area contributed by atoms with Crippen LogP contribution in [0.4, 0.5) is 0 Å². The molecule has 0 spiro atoms. The van der Waals surface area contributed by atoms with E-state index in [1.807, 2.05) is 0 Å². The van der Waals surface area contributed by atoms with Gasteiger partial charge in [0, 0.05) is 44.8 Å². The summed E-state index contributed by atoms with van der Waals surface area (Å²) in [4.78, 5) is 0. The topological polar surface area (TPSA) is 0 Å². The summed E-state index contributed by atoms with van der Waals surface area (Å²) < 4.78 is 0. The molecule has 0 bridgehead atoms. The Morgan fingerprint density at radius 1 is 0.165 bits per heavy atom. The Morgan fingerprint density at radius 2 is 0.360 bits per heavy atom. The van der Waals surface area contributed by atoms with Crippen molar-refractivity contribution in [2.45, 2.75) is 286 Å². The predicted molar refractivity (Wildman–Crippen MR) is 602 cm³/mol. The largest absolute Gasteiger partial charge is 0.0645 e. The first-order chi connectivity index (χ1) is 65.9. The molecule has 0 aliphatic heterocycles. The van der Waals surface area contributed by atoms with Gasteiger partial charge < -0.3 is 0 Å². The van der Waals surface area contributed by atoms with E-state index in [9.17, 15) is 0 Å². The maximum Gasteiger partial charge on any atom is 0.0210 e. The fourth-order valence-electron chi connectivity index (χ4n) is 24.6. The van der Waals surface area contributed by atoms with Gasteiger partial charge in [-0.2, -0.15) is 0 Å². The van der Waals surface area contributed by atoms with Crippen molar-refractivity contribution < 1.29 is 0 Å². The van der Waals surface area contributed by atoms with E-state index in [0.29, 0.717) is 17.8 Å². The Bertz CT molecular complexity index is 7180. The van der Waals surface area contributed by atoms with Crippen molar-refractivity contribution in [3.8, 4) is 89.0 Å². The van der Waals surface area contributed by atoms with Gasteiger partial charge in [-0.15, -0.1) is 0 Å². The van der Waals surface area contributed by atoms with Crippen LogP contribution in [-0.4, -0.2) is 0 Å². The minimum absolute atomic E-state index is 0.127. The second kappa shape index (κ2) is 37.6. The fourth-order valence-corrected chi connectivity index (χ4v) is 24.6. The van der Waals surface area contributed by atoms with Crippen LogP contribution in [0.25, 0.3) is 89.0 Å². The van der Waals surface area contributed by atoms with Crippen LogP contribution in [0.1, 0.15) is 322 Å². The normalized spacial score (nSPS) is 14.8. The molecule has 0 fully saturated rings. The van der Waals surface area contributed by atoms with Gasteiger partial charge in [0.2, 0.25) is 0 Å². The van der Waals surface area contributed by atoms with Gasteiger partial charge in [-0.25, -0.2) is 0 Å². The van der Waals surface area contributed by atoms with Gasteiger partial charge in [0.1, 0.15) is 0 Å². The standard InChI is InChI=1S/2C19H22.C18H20.3C17H18.2C16H16/c1-11-7-15-16-8-12(2)14(4)10-18(16)19(5,6)17(15)9-13(11)3;1-5-19(6-2)17-11-13(3)7-9-15(17)16-10-8-14(4)12-18(16)19;1-11-6-7-14-15-9-12(2)13(3)10-17(15)18(4,5)16(14)8-11;1-11-5-7-15-13(9-11)14-10-12(2)6-8-16(14)17(15,3)4;1-11-5-7-13-14-8-6-12(2)10-16(14)17(3,4)15(13)9-11;1-4-13-16-9-11(2)5-7-14(16)15-8-6-12(3)10-17(13)15;1-10-4-6-13-14-7-5-11(2)9-16(14)12(3)15(13)8-10;1-10-4-6-13-12(3)14-7-5-11(2)9-16(14)15(13)8-10/h7-10H,1-6H3;7-12H,5-6H2,1-4H3;6-10H,1-5H3;2*5-10H,1-4H3;5-10,13H,4H2,1-3H3;2*4-9,12H,1-3H3. The lowest BCUT2D eigenvalue weighted by Gasteiger charge is -2.30. The minimum Gasteiger partial charge on any atom is -0.0645 e. The third kappa shape index (κ3) is 17.7. The maximum atomic E-state index is 2.40. The molecule has 0 heteroatoms. The van der Waals surface area contributed by atoms with Gasteiger partial charge in [-0.1, -0.05) is 435 Å². The molecule has 0 saturated heterocycles. The van der Waals surface area contributed by atoms with Crippen LogP contribution in [0.3, 0.4) is 0 Å². The number of fused-ring (bicyclic) bond motifs is 24. The zero-order chi connectivity index (χ0) is 99.6. The van der Waals surface area contributed by atoms with Gasteiger partial charge in [0.15, 0.2) is 0 Å². The minimum atomic E-state index is 0.127. The average molecular weight is 1820 g/mol. The first kappa shape index (κ1) is 98.1. The van der Waals surface area contributed by atoms with Crippen LogP contribution in [-0.2, 0) is 27.1 Å². The van der Waals surface area contributed by atoms with Crippen LogP contribution in [0, 0.1) is 132 Å². The van der Waals surface area contributed by atoms with Gasteiger partial charge in [0.05, 0.1) is 0 Å². The molecule has 16 aromatic rings. The first-order valence-electron chi connectivity index (χ1n) is 51.7. The highest BCUT2D eigenvalue weighted by atomic mass is 14.5. The Kier molecular flexibility index (Phi) is 26.5. The highest BCUT2D eigenvalue weighted by Gasteiger charge is 2.43. The smallest absolute Gasteiger partial charge is 0.0210 e. The number of benzene rings is 16. The zero-order valence-electron chi connectivity index (χ0n) is 89.8. The van der Waals surface area contributed by atoms with Crippen molar-refractivity contribution in [1.82, 2.24) is 0 Å². The summed E-state index contributed by atoms with van der Waals surface area (Å²) >= 11 is 0. The molecule has 0 saturated carbocycles. The molecule has 0 radical (unpaired) electrons. The lowest BCUT2D eigenvalue weighted by atomic mass is 9.73. The molecule has 0 nitrogen and oxygen atoms in total. The molecule has 0 unspecified atom stereocenters. The monoisotopic (exact) mass is 1820 g/mol. The predicted octanol–water partition coefficient (Wildman–Crippen LogP) is 38.5. The SMILES string of the molecule is CCC1(CC)c2cc(C)ccc2-c2ccc(C)cc21.CCC1c2cc(C)ccc2-c2ccc(C)cc21.Cc1cc2c(cc1C)C(C)(C)c1cc(C)c(C)cc1-2.Cc1ccc2c(c1)-c1cc(C)ccc1C2(C)C.Cc1ccc2c(c1)-c1cc(C)ccc1C2C.Cc1ccc2c(c1)C(C)(C)c1cc(C)c(C)cc1-2.Cc1ccc2c(c1)C(C)(C)c1cc(C)ccc1-2.Cc1ccc2c(c1)C(C)c1cc(C)ccc1-2. The summed E-state index contributed by atoms with van der Waals surface area (Å²) in [5.74, 6) is 1.69. The van der Waals surface area contributed by atoms with Crippen LogP contribution < -0.4 is 0 Å². The molecule has 0 heterocycles. The molecular weight excluding hydrogens is 1670 g/mol. The molecule has 0 amide bonds. The second-order valence-corrected chi connectivity index (χ2v) is 45.0. The summed E-state index contributed by atoms with van der Waals surface area (Å²) in [7, 11) is 0. The van der Waals surface area contributed by atoms with E-state index in [4.69, 9.17) is 0 Å². The Balaban J connectivity index is 0.000000110. The molecule has 8 aliphatic carbocycles. The zero-order valence-corrected chi connectivity index (χ0v) is 89.8. The summed E-state index contributed by atoms with van der Waals surface area (Å²) in [6.07, 6.45) is 3.54. The van der Waals surface area contributed by atoms with Crippen LogP contribution in [0.5, 0.6) is 0 Å². The molecule has 706 valence electrons. The van der Waals surface area contributed by atoms with Gasteiger partial charge in [-0.3, -0.25) is 0 Å². The van der Waals surface area contributed by atoms with E-state index in [0.717, 1.165) is 0 Å². The maximum absolute atomic E-state index is 2.40. The highest BCUT2D eigenvalue weighted by Crippen LogP contribution is 2.58. The van der Waals surface area contributed by atoms with Crippen molar-refractivity contribution in [3.05, 3.63) is 468 Å². The Hall–Kier alpha value is -12.5. The van der Waals surface area contributed by atoms with Crippen molar-refractivity contribution in [1.29, 1.82) is 0 Å². The van der Waals surface area contributed by atoms with E-state index < -0.39 is 0 Å². The van der Waals surface area contributed by atoms with E-state index >= 15 is 0 Å². The molecule has 0 N–H and O–H groups in total.